The Labute approximate surface area is 103 Å². The SMILES string of the molecule is CNCCCCS(=O)(=O)Nc1cccnc1C. The van der Waals surface area contributed by atoms with Gasteiger partial charge in [0.2, 0.25) is 10.0 Å². The van der Waals surface area contributed by atoms with Gasteiger partial charge in [-0.3, -0.25) is 9.71 Å². The summed E-state index contributed by atoms with van der Waals surface area (Å²) in [5, 5.41) is 2.99. The highest BCUT2D eigenvalue weighted by molar-refractivity contribution is 7.92. The highest BCUT2D eigenvalue weighted by atomic mass is 32.2. The molecule has 17 heavy (non-hydrogen) atoms. The highest BCUT2D eigenvalue weighted by Gasteiger charge is 2.11. The van der Waals surface area contributed by atoms with E-state index in [0.717, 1.165) is 13.0 Å². The molecule has 2 N–H and O–H groups in total. The van der Waals surface area contributed by atoms with Gasteiger partial charge in [-0.1, -0.05) is 0 Å². The fourth-order valence-corrected chi connectivity index (χ4v) is 2.64. The molecule has 1 aromatic rings. The van der Waals surface area contributed by atoms with Crippen LogP contribution in [0, 0.1) is 6.92 Å². The smallest absolute Gasteiger partial charge is 0.232 e. The summed E-state index contributed by atoms with van der Waals surface area (Å²) in [6.07, 6.45) is 3.14. The first-order valence-corrected chi connectivity index (χ1v) is 7.27. The van der Waals surface area contributed by atoms with Crippen LogP contribution in [0.1, 0.15) is 18.5 Å². The van der Waals surface area contributed by atoms with Crippen molar-refractivity contribution < 1.29 is 8.42 Å². The van der Waals surface area contributed by atoms with Gasteiger partial charge >= 0.3 is 0 Å². The molecule has 0 radical (unpaired) electrons. The number of unbranched alkanes of at least 4 members (excludes halogenated alkanes) is 1. The van der Waals surface area contributed by atoms with Crippen LogP contribution in [0.3, 0.4) is 0 Å². The maximum Gasteiger partial charge on any atom is 0.232 e. The second kappa shape index (κ2) is 6.56. The zero-order chi connectivity index (χ0) is 12.7. The van der Waals surface area contributed by atoms with E-state index in [1.807, 2.05) is 7.05 Å². The molecule has 0 unspecified atom stereocenters. The Morgan fingerprint density at radius 3 is 2.76 bits per heavy atom. The Morgan fingerprint density at radius 1 is 1.35 bits per heavy atom. The highest BCUT2D eigenvalue weighted by Crippen LogP contribution is 2.13. The molecular weight excluding hydrogens is 238 g/mol. The largest absolute Gasteiger partial charge is 0.320 e. The van der Waals surface area contributed by atoms with E-state index >= 15 is 0 Å². The van der Waals surface area contributed by atoms with Gasteiger partial charge in [0, 0.05) is 6.20 Å². The van der Waals surface area contributed by atoms with Gasteiger partial charge in [0.1, 0.15) is 0 Å². The van der Waals surface area contributed by atoms with Gasteiger partial charge in [0.05, 0.1) is 17.1 Å². The molecule has 0 aliphatic heterocycles. The maximum atomic E-state index is 11.8. The molecule has 0 aliphatic rings. The number of nitrogens with zero attached hydrogens (tertiary/aromatic N) is 1. The van der Waals surface area contributed by atoms with Crippen molar-refractivity contribution in [1.29, 1.82) is 0 Å². The van der Waals surface area contributed by atoms with Gasteiger partial charge in [0.25, 0.3) is 0 Å². The lowest BCUT2D eigenvalue weighted by molar-refractivity contribution is 0.595. The Kier molecular flexibility index (Phi) is 5.37. The summed E-state index contributed by atoms with van der Waals surface area (Å²) in [4.78, 5) is 4.04. The normalized spacial score (nSPS) is 11.4. The average Bonchev–Trinajstić information content (AvgIpc) is 2.28. The summed E-state index contributed by atoms with van der Waals surface area (Å²) in [6, 6.07) is 3.43. The second-order valence-electron chi connectivity index (χ2n) is 3.87. The average molecular weight is 257 g/mol. The lowest BCUT2D eigenvalue weighted by Gasteiger charge is -2.09. The molecule has 1 aromatic heterocycles. The van der Waals surface area contributed by atoms with E-state index in [1.54, 1.807) is 25.3 Å². The lowest BCUT2D eigenvalue weighted by atomic mass is 10.3. The Hall–Kier alpha value is -1.14. The Morgan fingerprint density at radius 2 is 2.12 bits per heavy atom. The molecule has 0 amide bonds. The zero-order valence-corrected chi connectivity index (χ0v) is 11.0. The molecule has 0 bridgehead atoms. The van der Waals surface area contributed by atoms with Gasteiger partial charge in [-0.25, -0.2) is 8.42 Å². The predicted molar refractivity (Wildman–Crippen MR) is 69.5 cm³/mol. The van der Waals surface area contributed by atoms with Crippen molar-refractivity contribution in [1.82, 2.24) is 10.3 Å². The molecule has 0 aromatic carbocycles. The van der Waals surface area contributed by atoms with E-state index in [1.165, 1.54) is 0 Å². The zero-order valence-electron chi connectivity index (χ0n) is 10.2. The maximum absolute atomic E-state index is 11.8. The lowest BCUT2D eigenvalue weighted by Crippen LogP contribution is -2.18. The van der Waals surface area contributed by atoms with Crippen molar-refractivity contribution in [3.05, 3.63) is 24.0 Å². The minimum absolute atomic E-state index is 0.142. The number of aryl methyl sites for hydroxylation is 1. The van der Waals surface area contributed by atoms with Crippen molar-refractivity contribution in [2.24, 2.45) is 0 Å². The van der Waals surface area contributed by atoms with E-state index in [2.05, 4.69) is 15.0 Å². The van der Waals surface area contributed by atoms with Crippen LogP contribution in [0.5, 0.6) is 0 Å². The topological polar surface area (TPSA) is 71.1 Å². The van der Waals surface area contributed by atoms with Crippen LogP contribution >= 0.6 is 0 Å². The number of nitrogens with one attached hydrogen (secondary N) is 2. The first-order chi connectivity index (χ1) is 8.05. The summed E-state index contributed by atoms with van der Waals surface area (Å²) in [5.74, 6) is 0.142. The van der Waals surface area contributed by atoms with Crippen molar-refractivity contribution in [3.63, 3.8) is 0 Å². The summed E-state index contributed by atoms with van der Waals surface area (Å²) in [5.41, 5.74) is 1.24. The van der Waals surface area contributed by atoms with Crippen LogP contribution < -0.4 is 10.0 Å². The molecule has 0 aliphatic carbocycles. The standard InChI is InChI=1S/C11H19N3O2S/c1-10-11(6-5-8-13-10)14-17(15,16)9-4-3-7-12-2/h5-6,8,12,14H,3-4,7,9H2,1-2H3. The molecule has 0 fully saturated rings. The van der Waals surface area contributed by atoms with Gasteiger partial charge in [-0.2, -0.15) is 0 Å². The van der Waals surface area contributed by atoms with Gasteiger partial charge in [-0.15, -0.1) is 0 Å². The third-order valence-electron chi connectivity index (χ3n) is 2.36. The number of hydrogen-bond donors (Lipinski definition) is 2. The number of aromatic nitrogens is 1. The quantitative estimate of drug-likeness (QED) is 0.718. The van der Waals surface area contributed by atoms with Crippen molar-refractivity contribution in [3.8, 4) is 0 Å². The van der Waals surface area contributed by atoms with Gasteiger partial charge in [-0.05, 0) is 45.5 Å². The van der Waals surface area contributed by atoms with Crippen LogP contribution in [0.15, 0.2) is 18.3 Å². The van der Waals surface area contributed by atoms with Gasteiger partial charge in [0.15, 0.2) is 0 Å². The first-order valence-electron chi connectivity index (χ1n) is 5.62. The molecule has 1 heterocycles. The molecule has 96 valence electrons. The first kappa shape index (κ1) is 13.9. The fraction of sp³-hybridized carbons (Fsp3) is 0.545. The van der Waals surface area contributed by atoms with Crippen LogP contribution in [0.25, 0.3) is 0 Å². The molecule has 0 spiro atoms. The third kappa shape index (κ3) is 5.14. The predicted octanol–water partition coefficient (Wildman–Crippen LogP) is 1.13. The minimum Gasteiger partial charge on any atom is -0.320 e. The Bertz CT molecular complexity index is 446. The monoisotopic (exact) mass is 257 g/mol. The van der Waals surface area contributed by atoms with E-state index in [-0.39, 0.29) is 5.75 Å². The molecule has 1 rings (SSSR count). The van der Waals surface area contributed by atoms with Crippen molar-refractivity contribution in [2.45, 2.75) is 19.8 Å². The van der Waals surface area contributed by atoms with E-state index in [4.69, 9.17) is 0 Å². The van der Waals surface area contributed by atoms with Crippen LogP contribution in [-0.2, 0) is 10.0 Å². The summed E-state index contributed by atoms with van der Waals surface area (Å²) >= 11 is 0. The van der Waals surface area contributed by atoms with E-state index in [9.17, 15) is 8.42 Å². The Balaban J connectivity index is 2.52. The second-order valence-corrected chi connectivity index (χ2v) is 5.71. The van der Waals surface area contributed by atoms with Crippen LogP contribution in [0.2, 0.25) is 0 Å². The van der Waals surface area contributed by atoms with E-state index in [0.29, 0.717) is 17.8 Å². The molecule has 0 saturated heterocycles. The number of sulfonamides is 1. The third-order valence-corrected chi connectivity index (χ3v) is 3.72. The number of pyridine rings is 1. The molecule has 0 saturated carbocycles. The van der Waals surface area contributed by atoms with Crippen LogP contribution in [0.4, 0.5) is 5.69 Å². The number of rotatable bonds is 7. The van der Waals surface area contributed by atoms with Gasteiger partial charge < -0.3 is 5.32 Å². The molecule has 6 heteroatoms. The molecule has 0 atom stereocenters. The summed E-state index contributed by atoms with van der Waals surface area (Å²) < 4.78 is 26.1. The minimum atomic E-state index is -3.26. The number of hydrogen-bond acceptors (Lipinski definition) is 4. The summed E-state index contributed by atoms with van der Waals surface area (Å²) in [6.45, 7) is 2.61. The molecule has 5 nitrogen and oxygen atoms in total. The number of anilines is 1. The summed E-state index contributed by atoms with van der Waals surface area (Å²) in [7, 11) is -1.40. The fourth-order valence-electron chi connectivity index (χ4n) is 1.40. The molecular formula is C11H19N3O2S. The van der Waals surface area contributed by atoms with E-state index < -0.39 is 10.0 Å². The van der Waals surface area contributed by atoms with Crippen LogP contribution in [-0.4, -0.2) is 32.7 Å². The van der Waals surface area contributed by atoms with Crippen molar-refractivity contribution >= 4 is 15.7 Å². The van der Waals surface area contributed by atoms with Crippen molar-refractivity contribution in [2.75, 3.05) is 24.1 Å².